The van der Waals surface area contributed by atoms with E-state index in [2.05, 4.69) is 43.2 Å². The van der Waals surface area contributed by atoms with Gasteiger partial charge in [-0.05, 0) is 37.5 Å². The van der Waals surface area contributed by atoms with Gasteiger partial charge in [-0.1, -0.05) is 39.0 Å². The van der Waals surface area contributed by atoms with Gasteiger partial charge in [0.15, 0.2) is 0 Å². The second kappa shape index (κ2) is 11.0. The van der Waals surface area contributed by atoms with Crippen molar-refractivity contribution in [3.63, 3.8) is 0 Å². The average Bonchev–Trinajstić information content (AvgIpc) is 3.28. The van der Waals surface area contributed by atoms with Gasteiger partial charge in [0.05, 0.1) is 18.5 Å². The Labute approximate surface area is 189 Å². The zero-order valence-electron chi connectivity index (χ0n) is 19.4. The first-order valence-corrected chi connectivity index (χ1v) is 11.3. The number of carbonyl (C=O) groups is 1. The van der Waals surface area contributed by atoms with Crippen molar-refractivity contribution >= 4 is 22.5 Å². The highest BCUT2D eigenvalue weighted by Crippen LogP contribution is 2.21. The summed E-state index contributed by atoms with van der Waals surface area (Å²) in [5.41, 5.74) is 0.593. The van der Waals surface area contributed by atoms with E-state index in [1.54, 1.807) is 23.1 Å². The van der Waals surface area contributed by atoms with Gasteiger partial charge in [-0.15, -0.1) is 0 Å². The fraction of sp³-hybridized carbons (Fsp3) is 0.440. The number of anilines is 1. The van der Waals surface area contributed by atoms with E-state index in [1.165, 1.54) is 0 Å². The van der Waals surface area contributed by atoms with E-state index in [9.17, 15) is 9.59 Å². The lowest BCUT2D eigenvalue weighted by Crippen LogP contribution is -2.40. The highest BCUT2D eigenvalue weighted by molar-refractivity contribution is 6.00. The van der Waals surface area contributed by atoms with Crippen LogP contribution in [0.4, 0.5) is 10.5 Å². The Kier molecular flexibility index (Phi) is 8.11. The number of aromatic nitrogens is 1. The Balaban J connectivity index is 1.67. The molecule has 2 heterocycles. The first-order chi connectivity index (χ1) is 15.4. The quantitative estimate of drug-likeness (QED) is 0.482. The molecule has 0 bridgehead atoms. The third-order valence-electron chi connectivity index (χ3n) is 5.64. The van der Waals surface area contributed by atoms with E-state index in [4.69, 9.17) is 4.42 Å². The van der Waals surface area contributed by atoms with Crippen molar-refractivity contribution in [2.24, 2.45) is 5.92 Å². The number of nitrogens with zero attached hydrogens (tertiary/aromatic N) is 2. The van der Waals surface area contributed by atoms with Crippen LogP contribution in [0.1, 0.15) is 39.9 Å². The van der Waals surface area contributed by atoms with Crippen LogP contribution < -0.4 is 16.2 Å². The number of amides is 2. The Morgan fingerprint density at radius 2 is 1.88 bits per heavy atom. The summed E-state index contributed by atoms with van der Waals surface area (Å²) in [7, 11) is 0. The molecule has 3 rings (SSSR count). The fourth-order valence-corrected chi connectivity index (χ4v) is 3.77. The highest BCUT2D eigenvalue weighted by atomic mass is 16.3. The molecule has 7 heteroatoms. The Morgan fingerprint density at radius 1 is 1.12 bits per heavy atom. The van der Waals surface area contributed by atoms with Gasteiger partial charge in [-0.2, -0.15) is 0 Å². The van der Waals surface area contributed by atoms with Crippen molar-refractivity contribution in [2.45, 2.75) is 53.2 Å². The average molecular weight is 439 g/mol. The zero-order chi connectivity index (χ0) is 23.1. The van der Waals surface area contributed by atoms with Gasteiger partial charge in [-0.25, -0.2) is 4.79 Å². The van der Waals surface area contributed by atoms with E-state index in [-0.39, 0.29) is 11.6 Å². The van der Waals surface area contributed by atoms with Crippen molar-refractivity contribution in [1.82, 2.24) is 14.8 Å². The number of carbonyl (C=O) groups excluding carboxylic acids is 1. The molecule has 0 aliphatic carbocycles. The van der Waals surface area contributed by atoms with Crippen molar-refractivity contribution in [3.05, 3.63) is 65.0 Å². The molecule has 0 aliphatic heterocycles. The van der Waals surface area contributed by atoms with E-state index in [0.29, 0.717) is 49.2 Å². The van der Waals surface area contributed by atoms with E-state index in [0.717, 1.165) is 17.6 Å². The van der Waals surface area contributed by atoms with Crippen LogP contribution in [0.5, 0.6) is 0 Å². The summed E-state index contributed by atoms with van der Waals surface area (Å²) in [6.45, 7) is 11.0. The normalized spacial score (nSPS) is 12.4. The molecule has 32 heavy (non-hydrogen) atoms. The zero-order valence-corrected chi connectivity index (χ0v) is 19.4. The molecule has 0 unspecified atom stereocenters. The Morgan fingerprint density at radius 3 is 2.53 bits per heavy atom. The van der Waals surface area contributed by atoms with Crippen LogP contribution in [0, 0.1) is 5.92 Å². The van der Waals surface area contributed by atoms with Gasteiger partial charge >= 0.3 is 6.03 Å². The molecule has 2 amide bonds. The van der Waals surface area contributed by atoms with Crippen LogP contribution in [0.15, 0.2) is 58.1 Å². The SMILES string of the molecule is CC[C@H](C)N(CCNC(=O)Nc1cn(CC(C)C)c(=O)c2ccccc12)Cc1ccco1. The van der Waals surface area contributed by atoms with Gasteiger partial charge < -0.3 is 19.6 Å². The molecule has 2 N–H and O–H groups in total. The molecule has 0 saturated carbocycles. The van der Waals surface area contributed by atoms with Crippen molar-refractivity contribution < 1.29 is 9.21 Å². The largest absolute Gasteiger partial charge is 0.468 e. The number of urea groups is 1. The second-order valence-corrected chi connectivity index (χ2v) is 8.63. The van der Waals surface area contributed by atoms with Crippen molar-refractivity contribution in [2.75, 3.05) is 18.4 Å². The molecule has 0 radical (unpaired) electrons. The molecule has 0 saturated heterocycles. The molecular formula is C25H34N4O3. The smallest absolute Gasteiger partial charge is 0.319 e. The maximum atomic E-state index is 12.8. The summed E-state index contributed by atoms with van der Waals surface area (Å²) in [5.74, 6) is 1.23. The maximum absolute atomic E-state index is 12.8. The lowest BCUT2D eigenvalue weighted by molar-refractivity contribution is 0.181. The van der Waals surface area contributed by atoms with Gasteiger partial charge in [0, 0.05) is 42.6 Å². The topological polar surface area (TPSA) is 79.5 Å². The lowest BCUT2D eigenvalue weighted by atomic mass is 10.1. The second-order valence-electron chi connectivity index (χ2n) is 8.63. The van der Waals surface area contributed by atoms with Crippen molar-refractivity contribution in [1.29, 1.82) is 0 Å². The van der Waals surface area contributed by atoms with Crippen LogP contribution in [-0.4, -0.2) is 34.6 Å². The molecular weight excluding hydrogens is 404 g/mol. The maximum Gasteiger partial charge on any atom is 0.319 e. The molecule has 0 spiro atoms. The molecule has 2 aromatic heterocycles. The summed E-state index contributed by atoms with van der Waals surface area (Å²) in [6.07, 6.45) is 4.43. The van der Waals surface area contributed by atoms with Crippen LogP contribution in [0.25, 0.3) is 10.8 Å². The van der Waals surface area contributed by atoms with Crippen LogP contribution in [0.2, 0.25) is 0 Å². The first-order valence-electron chi connectivity index (χ1n) is 11.3. The van der Waals surface area contributed by atoms with Gasteiger partial charge in [0.2, 0.25) is 0 Å². The summed E-state index contributed by atoms with van der Waals surface area (Å²) in [4.78, 5) is 27.7. The van der Waals surface area contributed by atoms with E-state index in [1.807, 2.05) is 30.3 Å². The first kappa shape index (κ1) is 23.6. The minimum absolute atomic E-state index is 0.0395. The molecule has 0 fully saturated rings. The van der Waals surface area contributed by atoms with E-state index < -0.39 is 0 Å². The van der Waals surface area contributed by atoms with Gasteiger partial charge in [0.1, 0.15) is 5.76 Å². The third-order valence-corrected chi connectivity index (χ3v) is 5.64. The summed E-state index contributed by atoms with van der Waals surface area (Å²) in [5, 5.41) is 7.24. The lowest BCUT2D eigenvalue weighted by Gasteiger charge is -2.27. The summed E-state index contributed by atoms with van der Waals surface area (Å²) in [6, 6.07) is 11.3. The fourth-order valence-electron chi connectivity index (χ4n) is 3.77. The minimum atomic E-state index is -0.285. The van der Waals surface area contributed by atoms with Gasteiger partial charge in [0.25, 0.3) is 5.56 Å². The number of benzene rings is 1. The number of pyridine rings is 1. The highest BCUT2D eigenvalue weighted by Gasteiger charge is 2.15. The summed E-state index contributed by atoms with van der Waals surface area (Å²) >= 11 is 0. The summed E-state index contributed by atoms with van der Waals surface area (Å²) < 4.78 is 7.16. The van der Waals surface area contributed by atoms with Crippen LogP contribution in [0.3, 0.4) is 0 Å². The predicted octanol–water partition coefficient (Wildman–Crippen LogP) is 4.67. The van der Waals surface area contributed by atoms with Gasteiger partial charge in [-0.3, -0.25) is 9.69 Å². The number of fused-ring (bicyclic) bond motifs is 1. The Hall–Kier alpha value is -3.06. The molecule has 3 aromatic rings. The van der Waals surface area contributed by atoms with Crippen LogP contribution in [-0.2, 0) is 13.1 Å². The van der Waals surface area contributed by atoms with Crippen LogP contribution >= 0.6 is 0 Å². The number of hydrogen-bond donors (Lipinski definition) is 2. The number of furan rings is 1. The molecule has 7 nitrogen and oxygen atoms in total. The molecule has 0 aliphatic rings. The standard InChI is InChI=1S/C25H34N4O3/c1-5-19(4)28(16-20-9-8-14-32-20)13-12-26-25(31)27-23-17-29(15-18(2)3)24(30)22-11-7-6-10-21(22)23/h6-11,14,17-19H,5,12-13,15-16H2,1-4H3,(H2,26,27,31)/t19-/m0/s1. The van der Waals surface area contributed by atoms with E-state index >= 15 is 0 Å². The molecule has 1 atom stereocenters. The monoisotopic (exact) mass is 438 g/mol. The molecule has 1 aromatic carbocycles. The molecule has 172 valence electrons. The Bertz CT molecular complexity index is 1070. The predicted molar refractivity (Wildman–Crippen MR) is 129 cm³/mol. The number of rotatable bonds is 10. The number of nitrogens with one attached hydrogen (secondary N) is 2. The minimum Gasteiger partial charge on any atom is -0.468 e. The third kappa shape index (κ3) is 6.01. The van der Waals surface area contributed by atoms with Crippen molar-refractivity contribution in [3.8, 4) is 0 Å². The number of hydrogen-bond acceptors (Lipinski definition) is 4.